The summed E-state index contributed by atoms with van der Waals surface area (Å²) in [5.41, 5.74) is 1.96. The van der Waals surface area contributed by atoms with Gasteiger partial charge in [0.2, 0.25) is 0 Å². The summed E-state index contributed by atoms with van der Waals surface area (Å²) in [6.07, 6.45) is 10.9. The lowest BCUT2D eigenvalue weighted by Crippen LogP contribution is -2.57. The maximum atomic E-state index is 12.9. The Morgan fingerprint density at radius 3 is 2.36 bits per heavy atom. The smallest absolute Gasteiger partial charge is 0.164 e. The maximum absolute atomic E-state index is 12.9. The van der Waals surface area contributed by atoms with Gasteiger partial charge in [-0.3, -0.25) is 9.59 Å². The van der Waals surface area contributed by atoms with Gasteiger partial charge in [-0.1, -0.05) is 53.2 Å². The Labute approximate surface area is 201 Å². The average Bonchev–Trinajstić information content (AvgIpc) is 3.26. The third-order valence-electron chi connectivity index (χ3n) is 12.1. The molecule has 0 radical (unpaired) electrons. The van der Waals surface area contributed by atoms with E-state index in [1.54, 1.807) is 5.57 Å². The van der Waals surface area contributed by atoms with Crippen molar-refractivity contribution in [3.63, 3.8) is 0 Å². The van der Waals surface area contributed by atoms with Crippen LogP contribution in [0.5, 0.6) is 0 Å². The molecule has 5 aliphatic rings. The highest BCUT2D eigenvalue weighted by molar-refractivity contribution is 5.87. The SMILES string of the molecule is CC(CC(=O)C1OC1(C)C)[C@H]1CC[C@]2(C)C3=CC[C@H]4C(C)(C)C(=O)CC[C@]4(C)[C@@H]3CC[C@@]12C. The number of hydrogen-bond acceptors (Lipinski definition) is 3. The highest BCUT2D eigenvalue weighted by Gasteiger charge is 2.65. The van der Waals surface area contributed by atoms with Gasteiger partial charge in [0.25, 0.3) is 0 Å². The predicted octanol–water partition coefficient (Wildman–Crippen LogP) is 6.93. The van der Waals surface area contributed by atoms with E-state index < -0.39 is 0 Å². The molecule has 0 bridgehead atoms. The number of epoxide rings is 1. The highest BCUT2D eigenvalue weighted by Crippen LogP contribution is 2.73. The number of carbonyl (C=O) groups excluding carboxylic acids is 2. The van der Waals surface area contributed by atoms with E-state index >= 15 is 0 Å². The van der Waals surface area contributed by atoms with Crippen molar-refractivity contribution in [3.8, 4) is 0 Å². The van der Waals surface area contributed by atoms with Crippen molar-refractivity contribution >= 4 is 11.6 Å². The third kappa shape index (κ3) is 3.09. The number of rotatable bonds is 4. The zero-order chi connectivity index (χ0) is 24.2. The van der Waals surface area contributed by atoms with Crippen LogP contribution in [0.15, 0.2) is 11.6 Å². The normalized spacial score (nSPS) is 48.2. The number of hydrogen-bond donors (Lipinski definition) is 0. The summed E-state index contributed by atoms with van der Waals surface area (Å²) < 4.78 is 5.66. The maximum Gasteiger partial charge on any atom is 0.164 e. The van der Waals surface area contributed by atoms with Crippen molar-refractivity contribution in [2.24, 2.45) is 45.3 Å². The monoisotopic (exact) mass is 454 g/mol. The molecule has 0 aromatic carbocycles. The van der Waals surface area contributed by atoms with Gasteiger partial charge in [-0.15, -0.1) is 0 Å². The minimum absolute atomic E-state index is 0.188. The zero-order valence-corrected chi connectivity index (χ0v) is 22.3. The minimum atomic E-state index is -0.253. The second kappa shape index (κ2) is 7.05. The van der Waals surface area contributed by atoms with E-state index in [1.807, 2.05) is 13.8 Å². The number of Topliss-reactive ketones (excluding diaryl/α,β-unsaturated/α-hetero) is 2. The lowest BCUT2D eigenvalue weighted by molar-refractivity contribution is -0.146. The van der Waals surface area contributed by atoms with Crippen LogP contribution < -0.4 is 0 Å². The summed E-state index contributed by atoms with van der Waals surface area (Å²) in [4.78, 5) is 25.7. The van der Waals surface area contributed by atoms with Crippen molar-refractivity contribution in [1.82, 2.24) is 0 Å². The van der Waals surface area contributed by atoms with Crippen LogP contribution in [-0.4, -0.2) is 23.3 Å². The first kappa shape index (κ1) is 23.8. The molecule has 0 aromatic heterocycles. The van der Waals surface area contributed by atoms with E-state index in [0.717, 1.165) is 19.3 Å². The first-order valence-corrected chi connectivity index (χ1v) is 13.6. The standard InChI is InChI=1S/C30H46O3/c1-18(17-22(31)25-27(4,5)33-25)19-11-15-30(8)21-9-10-23-26(2,3)24(32)13-14-28(23,6)20(21)12-16-29(19,30)7/h9,18-20,23,25H,10-17H2,1-8H3/t18?,19-,20-,23+,25?,28-,29+,30-/m1/s1. The molecular weight excluding hydrogens is 408 g/mol. The van der Waals surface area contributed by atoms with Gasteiger partial charge in [0.15, 0.2) is 5.78 Å². The van der Waals surface area contributed by atoms with Crippen LogP contribution in [0.2, 0.25) is 0 Å². The molecular formula is C30H46O3. The topological polar surface area (TPSA) is 46.7 Å². The Morgan fingerprint density at radius 2 is 1.73 bits per heavy atom. The fourth-order valence-electron chi connectivity index (χ4n) is 9.76. The Balaban J connectivity index is 1.41. The molecule has 1 aliphatic heterocycles. The second-order valence-electron chi connectivity index (χ2n) is 14.3. The van der Waals surface area contributed by atoms with Crippen molar-refractivity contribution in [2.45, 2.75) is 118 Å². The van der Waals surface area contributed by atoms with E-state index in [0.29, 0.717) is 41.7 Å². The number of carbonyl (C=O) groups is 2. The molecule has 2 unspecified atom stereocenters. The van der Waals surface area contributed by atoms with E-state index in [4.69, 9.17) is 4.74 Å². The first-order valence-electron chi connectivity index (χ1n) is 13.6. The fraction of sp³-hybridized carbons (Fsp3) is 0.867. The number of ketones is 2. The van der Waals surface area contributed by atoms with Gasteiger partial charge in [-0.25, -0.2) is 0 Å². The zero-order valence-electron chi connectivity index (χ0n) is 22.3. The molecule has 1 heterocycles. The number of fused-ring (bicyclic) bond motifs is 5. The van der Waals surface area contributed by atoms with Crippen LogP contribution in [-0.2, 0) is 14.3 Å². The first-order chi connectivity index (χ1) is 15.2. The largest absolute Gasteiger partial charge is 0.358 e. The summed E-state index contributed by atoms with van der Waals surface area (Å²) in [6, 6.07) is 0. The van der Waals surface area contributed by atoms with Gasteiger partial charge in [0.05, 0.1) is 5.60 Å². The molecule has 3 saturated carbocycles. The summed E-state index contributed by atoms with van der Waals surface area (Å²) in [6.45, 7) is 18.4. The van der Waals surface area contributed by atoms with E-state index in [-0.39, 0.29) is 33.4 Å². The summed E-state index contributed by atoms with van der Waals surface area (Å²) in [5.74, 6) is 2.84. The van der Waals surface area contributed by atoms with Gasteiger partial charge in [0.1, 0.15) is 11.9 Å². The van der Waals surface area contributed by atoms with Crippen LogP contribution in [0.3, 0.4) is 0 Å². The molecule has 0 aromatic rings. The van der Waals surface area contributed by atoms with Crippen molar-refractivity contribution < 1.29 is 14.3 Å². The molecule has 0 N–H and O–H groups in total. The Kier molecular flexibility index (Phi) is 5.08. The molecule has 3 heteroatoms. The van der Waals surface area contributed by atoms with Gasteiger partial charge in [-0.05, 0) is 92.3 Å². The van der Waals surface area contributed by atoms with Crippen LogP contribution in [0.1, 0.15) is 107 Å². The molecule has 184 valence electrons. The van der Waals surface area contributed by atoms with Crippen LogP contribution in [0.4, 0.5) is 0 Å². The molecule has 0 amide bonds. The molecule has 33 heavy (non-hydrogen) atoms. The molecule has 4 fully saturated rings. The average molecular weight is 455 g/mol. The van der Waals surface area contributed by atoms with Crippen molar-refractivity contribution in [1.29, 1.82) is 0 Å². The Bertz CT molecular complexity index is 912. The molecule has 1 saturated heterocycles. The second-order valence-corrected chi connectivity index (χ2v) is 14.3. The summed E-state index contributed by atoms with van der Waals surface area (Å²) in [5, 5.41) is 0. The Hall–Kier alpha value is -0.960. The third-order valence-corrected chi connectivity index (χ3v) is 12.1. The van der Waals surface area contributed by atoms with Crippen LogP contribution >= 0.6 is 0 Å². The highest BCUT2D eigenvalue weighted by atomic mass is 16.6. The lowest BCUT2D eigenvalue weighted by atomic mass is 9.41. The van der Waals surface area contributed by atoms with Gasteiger partial charge in [0, 0.05) is 18.3 Å². The van der Waals surface area contributed by atoms with Crippen molar-refractivity contribution in [3.05, 3.63) is 11.6 Å². The molecule has 5 rings (SSSR count). The molecule has 4 aliphatic carbocycles. The van der Waals surface area contributed by atoms with Crippen LogP contribution in [0, 0.1) is 45.3 Å². The quantitative estimate of drug-likeness (QED) is 0.342. The predicted molar refractivity (Wildman–Crippen MR) is 132 cm³/mol. The molecule has 8 atom stereocenters. The molecule has 0 spiro atoms. The molecule has 3 nitrogen and oxygen atoms in total. The van der Waals surface area contributed by atoms with Crippen LogP contribution in [0.25, 0.3) is 0 Å². The van der Waals surface area contributed by atoms with Gasteiger partial charge < -0.3 is 4.74 Å². The summed E-state index contributed by atoms with van der Waals surface area (Å²) >= 11 is 0. The van der Waals surface area contributed by atoms with Gasteiger partial charge in [-0.2, -0.15) is 0 Å². The van der Waals surface area contributed by atoms with E-state index in [1.165, 1.54) is 25.7 Å². The Morgan fingerprint density at radius 1 is 1.06 bits per heavy atom. The van der Waals surface area contributed by atoms with E-state index in [9.17, 15) is 9.59 Å². The number of allylic oxidation sites excluding steroid dienone is 2. The number of ether oxygens (including phenoxy) is 1. The summed E-state index contributed by atoms with van der Waals surface area (Å²) in [7, 11) is 0. The van der Waals surface area contributed by atoms with Crippen molar-refractivity contribution in [2.75, 3.05) is 0 Å². The fourth-order valence-corrected chi connectivity index (χ4v) is 9.76. The van der Waals surface area contributed by atoms with Gasteiger partial charge >= 0.3 is 0 Å². The minimum Gasteiger partial charge on any atom is -0.358 e. The van der Waals surface area contributed by atoms with E-state index in [2.05, 4.69) is 47.6 Å². The lowest BCUT2D eigenvalue weighted by Gasteiger charge is -2.63.